The summed E-state index contributed by atoms with van der Waals surface area (Å²) in [5.74, 6) is 1.55. The van der Waals surface area contributed by atoms with Crippen molar-refractivity contribution < 1.29 is 14.2 Å². The molecule has 21 heavy (non-hydrogen) atoms. The number of unbranched alkanes of at least 4 members (excludes halogenated alkanes) is 4. The fourth-order valence-corrected chi connectivity index (χ4v) is 2.24. The highest BCUT2D eigenvalue weighted by atomic mass is 16.5. The molecule has 0 aliphatic carbocycles. The van der Waals surface area contributed by atoms with Gasteiger partial charge in [-0.25, -0.2) is 0 Å². The van der Waals surface area contributed by atoms with Crippen LogP contribution in [0.15, 0.2) is 18.2 Å². The number of hydrogen-bond acceptors (Lipinski definition) is 4. The van der Waals surface area contributed by atoms with Gasteiger partial charge in [0.25, 0.3) is 0 Å². The van der Waals surface area contributed by atoms with Crippen molar-refractivity contribution in [3.8, 4) is 11.5 Å². The Bertz CT molecular complexity index is 396. The summed E-state index contributed by atoms with van der Waals surface area (Å²) in [5, 5.41) is 0. The number of nitrogens with two attached hydrogens (primary N) is 1. The van der Waals surface area contributed by atoms with Crippen molar-refractivity contribution in [1.29, 1.82) is 0 Å². The fraction of sp³-hybridized carbons (Fsp3) is 0.647. The van der Waals surface area contributed by atoms with Crippen LogP contribution < -0.4 is 15.2 Å². The second kappa shape index (κ2) is 10.5. The van der Waals surface area contributed by atoms with Crippen molar-refractivity contribution in [1.82, 2.24) is 0 Å². The van der Waals surface area contributed by atoms with Crippen LogP contribution in [0.2, 0.25) is 0 Å². The molecule has 0 radical (unpaired) electrons. The van der Waals surface area contributed by atoms with E-state index < -0.39 is 0 Å². The Balaban J connectivity index is 2.38. The second-order valence-electron chi connectivity index (χ2n) is 5.20. The zero-order valence-corrected chi connectivity index (χ0v) is 13.6. The molecule has 4 nitrogen and oxygen atoms in total. The van der Waals surface area contributed by atoms with Crippen LogP contribution in [-0.2, 0) is 4.74 Å². The molecule has 0 aliphatic rings. The minimum Gasteiger partial charge on any atom is -0.497 e. The molecule has 0 amide bonds. The monoisotopic (exact) mass is 295 g/mol. The number of hydrogen-bond donors (Lipinski definition) is 1. The Morgan fingerprint density at radius 2 is 1.81 bits per heavy atom. The van der Waals surface area contributed by atoms with E-state index in [0.29, 0.717) is 6.61 Å². The third kappa shape index (κ3) is 6.36. The van der Waals surface area contributed by atoms with Gasteiger partial charge >= 0.3 is 0 Å². The number of ether oxygens (including phenoxy) is 3. The van der Waals surface area contributed by atoms with Crippen LogP contribution in [0.5, 0.6) is 11.5 Å². The molecule has 0 saturated heterocycles. The molecule has 0 aromatic heterocycles. The lowest BCUT2D eigenvalue weighted by Crippen LogP contribution is -2.18. The molecule has 4 heteroatoms. The predicted octanol–water partition coefficient (Wildman–Crippen LogP) is 3.69. The molecular weight excluding hydrogens is 266 g/mol. The van der Waals surface area contributed by atoms with Gasteiger partial charge in [-0.3, -0.25) is 0 Å². The van der Waals surface area contributed by atoms with Crippen LogP contribution in [0, 0.1) is 0 Å². The average Bonchev–Trinajstić information content (AvgIpc) is 2.53. The van der Waals surface area contributed by atoms with Crippen molar-refractivity contribution in [2.45, 2.75) is 45.1 Å². The summed E-state index contributed by atoms with van der Waals surface area (Å²) in [5.41, 5.74) is 7.12. The minimum absolute atomic E-state index is 0.203. The van der Waals surface area contributed by atoms with Gasteiger partial charge in [0.1, 0.15) is 11.5 Å². The molecule has 1 rings (SSSR count). The van der Waals surface area contributed by atoms with Gasteiger partial charge in [0.2, 0.25) is 0 Å². The molecule has 0 heterocycles. The molecule has 1 atom stereocenters. The van der Waals surface area contributed by atoms with Gasteiger partial charge in [0, 0.05) is 12.2 Å². The Morgan fingerprint density at radius 1 is 1.05 bits per heavy atom. The Labute approximate surface area is 128 Å². The van der Waals surface area contributed by atoms with Crippen LogP contribution in [0.4, 0.5) is 0 Å². The first-order valence-corrected chi connectivity index (χ1v) is 7.78. The molecule has 1 aromatic rings. The summed E-state index contributed by atoms with van der Waals surface area (Å²) < 4.78 is 16.3. The molecule has 0 bridgehead atoms. The summed E-state index contributed by atoms with van der Waals surface area (Å²) in [6.45, 7) is 3.48. The van der Waals surface area contributed by atoms with Crippen molar-refractivity contribution in [3.05, 3.63) is 23.8 Å². The smallest absolute Gasteiger partial charge is 0.123 e. The molecule has 0 aliphatic heterocycles. The van der Waals surface area contributed by atoms with E-state index in [4.69, 9.17) is 19.9 Å². The third-order valence-corrected chi connectivity index (χ3v) is 3.53. The topological polar surface area (TPSA) is 53.7 Å². The van der Waals surface area contributed by atoms with Gasteiger partial charge in [0.05, 0.1) is 26.9 Å². The fourth-order valence-electron chi connectivity index (χ4n) is 2.24. The largest absolute Gasteiger partial charge is 0.497 e. The average molecular weight is 295 g/mol. The zero-order chi connectivity index (χ0) is 15.5. The lowest BCUT2D eigenvalue weighted by molar-refractivity contribution is 0.116. The van der Waals surface area contributed by atoms with Crippen LogP contribution in [-0.4, -0.2) is 27.4 Å². The maximum atomic E-state index is 6.20. The summed E-state index contributed by atoms with van der Waals surface area (Å²) in [6, 6.07) is 5.45. The molecule has 0 spiro atoms. The highest BCUT2D eigenvalue weighted by Crippen LogP contribution is 2.28. The predicted molar refractivity (Wildman–Crippen MR) is 86.1 cm³/mol. The van der Waals surface area contributed by atoms with Crippen molar-refractivity contribution in [3.63, 3.8) is 0 Å². The Kier molecular flexibility index (Phi) is 8.87. The summed E-state index contributed by atoms with van der Waals surface area (Å²) in [7, 11) is 3.29. The second-order valence-corrected chi connectivity index (χ2v) is 5.20. The Morgan fingerprint density at radius 3 is 2.48 bits per heavy atom. The van der Waals surface area contributed by atoms with Crippen molar-refractivity contribution in [2.75, 3.05) is 27.4 Å². The lowest BCUT2D eigenvalue weighted by Gasteiger charge is -2.17. The van der Waals surface area contributed by atoms with Crippen LogP contribution in [0.3, 0.4) is 0 Å². The molecular formula is C17H29NO3. The molecule has 0 fully saturated rings. The van der Waals surface area contributed by atoms with Gasteiger partial charge in [-0.05, 0) is 24.6 Å². The first-order chi connectivity index (χ1) is 10.2. The summed E-state index contributed by atoms with van der Waals surface area (Å²) in [4.78, 5) is 0. The van der Waals surface area contributed by atoms with Crippen LogP contribution in [0.25, 0.3) is 0 Å². The van der Waals surface area contributed by atoms with Crippen LogP contribution >= 0.6 is 0 Å². The van der Waals surface area contributed by atoms with E-state index in [1.54, 1.807) is 14.2 Å². The maximum absolute atomic E-state index is 6.20. The molecule has 0 saturated carbocycles. The number of rotatable bonds is 11. The highest BCUT2D eigenvalue weighted by molar-refractivity contribution is 5.42. The molecule has 2 N–H and O–H groups in total. The van der Waals surface area contributed by atoms with E-state index in [1.165, 1.54) is 25.7 Å². The normalized spacial score (nSPS) is 12.2. The lowest BCUT2D eigenvalue weighted by atomic mass is 10.1. The van der Waals surface area contributed by atoms with E-state index in [1.807, 2.05) is 18.2 Å². The van der Waals surface area contributed by atoms with Gasteiger partial charge < -0.3 is 19.9 Å². The minimum atomic E-state index is -0.203. The molecule has 1 unspecified atom stereocenters. The number of benzene rings is 1. The maximum Gasteiger partial charge on any atom is 0.123 e. The Hall–Kier alpha value is -1.26. The first-order valence-electron chi connectivity index (χ1n) is 7.78. The highest BCUT2D eigenvalue weighted by Gasteiger charge is 2.13. The molecule has 120 valence electrons. The van der Waals surface area contributed by atoms with Crippen LogP contribution in [0.1, 0.15) is 50.6 Å². The van der Waals surface area contributed by atoms with Crippen molar-refractivity contribution in [2.24, 2.45) is 5.73 Å². The van der Waals surface area contributed by atoms with Crippen molar-refractivity contribution >= 4 is 0 Å². The van der Waals surface area contributed by atoms with E-state index in [0.717, 1.165) is 30.1 Å². The molecule has 1 aromatic carbocycles. The van der Waals surface area contributed by atoms with E-state index in [-0.39, 0.29) is 6.04 Å². The third-order valence-electron chi connectivity index (χ3n) is 3.53. The first kappa shape index (κ1) is 17.8. The summed E-state index contributed by atoms with van der Waals surface area (Å²) >= 11 is 0. The van der Waals surface area contributed by atoms with Gasteiger partial charge in [-0.15, -0.1) is 0 Å². The van der Waals surface area contributed by atoms with Gasteiger partial charge in [-0.2, -0.15) is 0 Å². The quantitative estimate of drug-likeness (QED) is 0.633. The SMILES string of the molecule is CCCCCCCOCC(N)c1cc(OC)ccc1OC. The summed E-state index contributed by atoms with van der Waals surface area (Å²) in [6.07, 6.45) is 6.19. The van der Waals surface area contributed by atoms with Gasteiger partial charge in [-0.1, -0.05) is 32.6 Å². The van der Waals surface area contributed by atoms with E-state index >= 15 is 0 Å². The standard InChI is InChI=1S/C17H29NO3/c1-4-5-6-7-8-11-21-13-16(18)15-12-14(19-2)9-10-17(15)20-3/h9-10,12,16H,4-8,11,13,18H2,1-3H3. The zero-order valence-electron chi connectivity index (χ0n) is 13.6. The van der Waals surface area contributed by atoms with E-state index in [9.17, 15) is 0 Å². The van der Waals surface area contributed by atoms with Gasteiger partial charge in [0.15, 0.2) is 0 Å². The van der Waals surface area contributed by atoms with E-state index in [2.05, 4.69) is 6.92 Å². The number of methoxy groups -OCH3 is 2.